The Labute approximate surface area is 95.5 Å². The van der Waals surface area contributed by atoms with E-state index in [1.165, 1.54) is 37.6 Å². The highest BCUT2D eigenvalue weighted by Gasteiger charge is 2.38. The van der Waals surface area contributed by atoms with E-state index in [2.05, 4.69) is 34.4 Å². The summed E-state index contributed by atoms with van der Waals surface area (Å²) in [5, 5.41) is 2.18. The van der Waals surface area contributed by atoms with Crippen LogP contribution in [-0.4, -0.2) is 43.0 Å². The predicted octanol–water partition coefficient (Wildman–Crippen LogP) is 1.74. The number of rotatable bonds is 2. The topological polar surface area (TPSA) is 6.48 Å². The van der Waals surface area contributed by atoms with E-state index in [1.807, 2.05) is 11.3 Å². The zero-order chi connectivity index (χ0) is 10.3. The van der Waals surface area contributed by atoms with Gasteiger partial charge in [0.1, 0.15) is 0 Å². The van der Waals surface area contributed by atoms with Crippen LogP contribution in [0, 0.1) is 11.8 Å². The van der Waals surface area contributed by atoms with Gasteiger partial charge >= 0.3 is 0 Å². The first kappa shape index (κ1) is 9.82. The molecule has 0 bridgehead atoms. The first-order valence-corrected chi connectivity index (χ1v) is 6.62. The Balaban J connectivity index is 1.59. The van der Waals surface area contributed by atoms with Gasteiger partial charge in [0.2, 0.25) is 0 Å². The number of hydrogen-bond acceptors (Lipinski definition) is 3. The summed E-state index contributed by atoms with van der Waals surface area (Å²) in [7, 11) is 2.25. The molecule has 1 aromatic rings. The molecular weight excluding hydrogens is 204 g/mol. The Bertz CT molecular complexity index is 308. The van der Waals surface area contributed by atoms with E-state index in [4.69, 9.17) is 0 Å². The minimum absolute atomic E-state index is 0.940. The summed E-state index contributed by atoms with van der Waals surface area (Å²) in [4.78, 5) is 6.63. The summed E-state index contributed by atoms with van der Waals surface area (Å²) in [5.74, 6) is 1.88. The number of hydrogen-bond donors (Lipinski definition) is 0. The maximum absolute atomic E-state index is 2.63. The lowest BCUT2D eigenvalue weighted by molar-refractivity contribution is 0.274. The largest absolute Gasteiger partial charge is 0.306 e. The molecule has 2 atom stereocenters. The Morgan fingerprint density at radius 2 is 2.00 bits per heavy atom. The van der Waals surface area contributed by atoms with Crippen molar-refractivity contribution in [3.05, 3.63) is 22.4 Å². The van der Waals surface area contributed by atoms with Gasteiger partial charge in [-0.05, 0) is 30.3 Å². The van der Waals surface area contributed by atoms with Crippen LogP contribution in [0.4, 0.5) is 0 Å². The number of likely N-dealkylation sites (tertiary alicyclic amines) is 2. The Morgan fingerprint density at radius 3 is 2.60 bits per heavy atom. The molecule has 0 amide bonds. The van der Waals surface area contributed by atoms with Gasteiger partial charge in [-0.2, -0.15) is 0 Å². The molecule has 0 N–H and O–H groups in total. The maximum atomic E-state index is 2.63. The monoisotopic (exact) mass is 222 g/mol. The molecule has 2 aliphatic heterocycles. The van der Waals surface area contributed by atoms with Crippen LogP contribution in [0.2, 0.25) is 0 Å². The van der Waals surface area contributed by atoms with Crippen molar-refractivity contribution in [2.75, 3.05) is 33.2 Å². The molecular formula is C12H18N2S. The second-order valence-corrected chi connectivity index (χ2v) is 6.05. The Kier molecular flexibility index (Phi) is 2.54. The third kappa shape index (κ3) is 1.96. The quantitative estimate of drug-likeness (QED) is 0.752. The number of thiophene rings is 1. The van der Waals surface area contributed by atoms with Crippen LogP contribution < -0.4 is 0 Å². The van der Waals surface area contributed by atoms with Crippen molar-refractivity contribution in [3.63, 3.8) is 0 Å². The predicted molar refractivity (Wildman–Crippen MR) is 64.1 cm³/mol. The van der Waals surface area contributed by atoms with Gasteiger partial charge in [0, 0.05) is 37.6 Å². The van der Waals surface area contributed by atoms with Crippen LogP contribution in [0.25, 0.3) is 0 Å². The molecule has 0 aliphatic carbocycles. The summed E-state index contributed by atoms with van der Waals surface area (Å²) in [6.07, 6.45) is 0. The van der Waals surface area contributed by atoms with Crippen molar-refractivity contribution >= 4 is 11.3 Å². The van der Waals surface area contributed by atoms with E-state index in [0.29, 0.717) is 0 Å². The van der Waals surface area contributed by atoms with Gasteiger partial charge in [-0.25, -0.2) is 0 Å². The molecule has 0 saturated carbocycles. The van der Waals surface area contributed by atoms with E-state index in [0.717, 1.165) is 11.8 Å². The summed E-state index contributed by atoms with van der Waals surface area (Å²) < 4.78 is 0. The van der Waals surface area contributed by atoms with Crippen molar-refractivity contribution in [3.8, 4) is 0 Å². The van der Waals surface area contributed by atoms with Gasteiger partial charge in [0.05, 0.1) is 0 Å². The molecule has 2 aliphatic rings. The highest BCUT2D eigenvalue weighted by molar-refractivity contribution is 7.09. The second-order valence-electron chi connectivity index (χ2n) is 5.01. The van der Waals surface area contributed by atoms with Gasteiger partial charge in [-0.15, -0.1) is 11.3 Å². The van der Waals surface area contributed by atoms with Crippen molar-refractivity contribution in [1.29, 1.82) is 0 Å². The molecule has 3 heterocycles. The molecule has 15 heavy (non-hydrogen) atoms. The van der Waals surface area contributed by atoms with E-state index >= 15 is 0 Å². The fourth-order valence-electron chi connectivity index (χ4n) is 3.08. The van der Waals surface area contributed by atoms with E-state index < -0.39 is 0 Å². The normalized spacial score (nSPS) is 32.3. The minimum Gasteiger partial charge on any atom is -0.306 e. The molecule has 2 unspecified atom stereocenters. The van der Waals surface area contributed by atoms with Gasteiger partial charge in [-0.3, -0.25) is 4.90 Å². The van der Waals surface area contributed by atoms with Gasteiger partial charge < -0.3 is 4.90 Å². The molecule has 1 aromatic heterocycles. The summed E-state index contributed by atoms with van der Waals surface area (Å²) >= 11 is 1.89. The van der Waals surface area contributed by atoms with E-state index in [1.54, 1.807) is 0 Å². The summed E-state index contributed by atoms with van der Waals surface area (Å²) in [6.45, 7) is 6.42. The lowest BCUT2D eigenvalue weighted by Crippen LogP contribution is -2.26. The molecule has 82 valence electrons. The molecule has 2 saturated heterocycles. The zero-order valence-corrected chi connectivity index (χ0v) is 10.0. The maximum Gasteiger partial charge on any atom is 0.0328 e. The molecule has 2 fully saturated rings. The van der Waals surface area contributed by atoms with Crippen LogP contribution in [0.3, 0.4) is 0 Å². The second kappa shape index (κ2) is 3.89. The van der Waals surface area contributed by atoms with E-state index in [9.17, 15) is 0 Å². The zero-order valence-electron chi connectivity index (χ0n) is 9.22. The van der Waals surface area contributed by atoms with Crippen LogP contribution >= 0.6 is 11.3 Å². The third-order valence-corrected chi connectivity index (χ3v) is 4.57. The molecule has 0 spiro atoms. The molecule has 3 heteroatoms. The lowest BCUT2D eigenvalue weighted by Gasteiger charge is -2.17. The van der Waals surface area contributed by atoms with E-state index in [-0.39, 0.29) is 0 Å². The average molecular weight is 222 g/mol. The van der Waals surface area contributed by atoms with Gasteiger partial charge in [0.25, 0.3) is 0 Å². The summed E-state index contributed by atoms with van der Waals surface area (Å²) in [5.41, 5.74) is 0. The van der Waals surface area contributed by atoms with Crippen molar-refractivity contribution < 1.29 is 0 Å². The smallest absolute Gasteiger partial charge is 0.0328 e. The molecule has 0 aromatic carbocycles. The van der Waals surface area contributed by atoms with Crippen LogP contribution in [0.5, 0.6) is 0 Å². The van der Waals surface area contributed by atoms with Gasteiger partial charge in [-0.1, -0.05) is 6.07 Å². The average Bonchev–Trinajstić information content (AvgIpc) is 2.81. The number of nitrogens with zero attached hydrogens (tertiary/aromatic N) is 2. The van der Waals surface area contributed by atoms with Crippen LogP contribution in [0.1, 0.15) is 4.88 Å². The third-order valence-electron chi connectivity index (χ3n) is 3.70. The standard InChI is InChI=1S/C12H18N2S/c1-13-5-10-7-14(8-11(10)6-13)9-12-3-2-4-15-12/h2-4,10-11H,5-9H2,1H3. The lowest BCUT2D eigenvalue weighted by atomic mass is 10.0. The molecule has 3 rings (SSSR count). The highest BCUT2D eigenvalue weighted by Crippen LogP contribution is 2.31. The SMILES string of the molecule is CN1CC2CN(Cc3cccs3)CC2C1. The highest BCUT2D eigenvalue weighted by atomic mass is 32.1. The van der Waals surface area contributed by atoms with Crippen molar-refractivity contribution in [1.82, 2.24) is 9.80 Å². The minimum atomic E-state index is 0.940. The molecule has 2 nitrogen and oxygen atoms in total. The van der Waals surface area contributed by atoms with Crippen molar-refractivity contribution in [2.45, 2.75) is 6.54 Å². The van der Waals surface area contributed by atoms with Gasteiger partial charge in [0.15, 0.2) is 0 Å². The number of fused-ring (bicyclic) bond motifs is 1. The van der Waals surface area contributed by atoms with Crippen molar-refractivity contribution in [2.24, 2.45) is 11.8 Å². The Hall–Kier alpha value is -0.380. The summed E-state index contributed by atoms with van der Waals surface area (Å²) in [6, 6.07) is 4.41. The molecule has 0 radical (unpaired) electrons. The first-order chi connectivity index (χ1) is 7.31. The van der Waals surface area contributed by atoms with Crippen LogP contribution in [0.15, 0.2) is 17.5 Å². The fourth-order valence-corrected chi connectivity index (χ4v) is 3.82. The first-order valence-electron chi connectivity index (χ1n) is 5.74. The Morgan fingerprint density at radius 1 is 1.27 bits per heavy atom. The fraction of sp³-hybridized carbons (Fsp3) is 0.667. The van der Waals surface area contributed by atoms with Crippen LogP contribution in [-0.2, 0) is 6.54 Å².